The van der Waals surface area contributed by atoms with E-state index in [1.165, 1.54) is 0 Å². The molecule has 2 N–H and O–H groups in total. The van der Waals surface area contributed by atoms with Gasteiger partial charge in [-0.1, -0.05) is 13.8 Å². The second-order valence-electron chi connectivity index (χ2n) is 10.1. The first-order valence-corrected chi connectivity index (χ1v) is 10.1. The third-order valence-electron chi connectivity index (χ3n) is 8.52. The summed E-state index contributed by atoms with van der Waals surface area (Å²) >= 11 is 0. The molecular formula is C21H28O7. The molecule has 7 heteroatoms. The highest BCUT2D eigenvalue weighted by molar-refractivity contribution is 5.98. The summed E-state index contributed by atoms with van der Waals surface area (Å²) in [5.74, 6) is -0.387. The van der Waals surface area contributed by atoms with Crippen LogP contribution < -0.4 is 0 Å². The van der Waals surface area contributed by atoms with Crippen molar-refractivity contribution < 1.29 is 34.0 Å². The summed E-state index contributed by atoms with van der Waals surface area (Å²) < 4.78 is 17.7. The van der Waals surface area contributed by atoms with E-state index in [0.717, 1.165) is 0 Å². The summed E-state index contributed by atoms with van der Waals surface area (Å²) in [5.41, 5.74) is -3.22. The summed E-state index contributed by atoms with van der Waals surface area (Å²) in [6.45, 7) is 7.45. The van der Waals surface area contributed by atoms with Gasteiger partial charge in [0.15, 0.2) is 11.6 Å². The topological polar surface area (TPSA) is 106 Å². The van der Waals surface area contributed by atoms with E-state index in [1.54, 1.807) is 0 Å². The quantitative estimate of drug-likeness (QED) is 0.647. The molecule has 0 aromatic rings. The number of hydrogen-bond donors (Lipinski definition) is 2. The minimum absolute atomic E-state index is 0.0830. The monoisotopic (exact) mass is 392 g/mol. The van der Waals surface area contributed by atoms with E-state index in [2.05, 4.69) is 0 Å². The number of fused-ring (bicyclic) bond motifs is 4. The predicted molar refractivity (Wildman–Crippen MR) is 95.9 cm³/mol. The van der Waals surface area contributed by atoms with Gasteiger partial charge in [0.1, 0.15) is 17.8 Å². The van der Waals surface area contributed by atoms with E-state index in [1.807, 2.05) is 27.7 Å². The number of carbonyl (C=O) groups excluding carboxylic acids is 2. The largest absolute Gasteiger partial charge is 0.459 e. The summed E-state index contributed by atoms with van der Waals surface area (Å²) in [6, 6.07) is 0. The van der Waals surface area contributed by atoms with Gasteiger partial charge in [0.05, 0.1) is 35.7 Å². The average Bonchev–Trinajstić information content (AvgIpc) is 3.44. The van der Waals surface area contributed by atoms with Crippen LogP contribution in [0.2, 0.25) is 0 Å². The summed E-state index contributed by atoms with van der Waals surface area (Å²) in [7, 11) is 0. The molecule has 7 nitrogen and oxygen atoms in total. The third-order valence-corrected chi connectivity index (χ3v) is 8.52. The van der Waals surface area contributed by atoms with Gasteiger partial charge in [-0.2, -0.15) is 0 Å². The number of carbonyl (C=O) groups is 2. The van der Waals surface area contributed by atoms with Crippen LogP contribution in [0.5, 0.6) is 0 Å². The van der Waals surface area contributed by atoms with Gasteiger partial charge in [-0.25, -0.2) is 0 Å². The number of rotatable bonds is 1. The number of Topliss-reactive ketones (excluding diaryl/α,β-unsaturated/α-hetero) is 2. The molecule has 28 heavy (non-hydrogen) atoms. The lowest BCUT2D eigenvalue weighted by atomic mass is 9.41. The van der Waals surface area contributed by atoms with Gasteiger partial charge >= 0.3 is 0 Å². The van der Waals surface area contributed by atoms with E-state index in [0.29, 0.717) is 24.8 Å². The van der Waals surface area contributed by atoms with Gasteiger partial charge in [0.2, 0.25) is 0 Å². The Morgan fingerprint density at radius 2 is 1.82 bits per heavy atom. The molecule has 1 saturated heterocycles. The van der Waals surface area contributed by atoms with Crippen molar-refractivity contribution in [2.75, 3.05) is 6.61 Å². The van der Waals surface area contributed by atoms with Crippen molar-refractivity contribution in [1.82, 2.24) is 0 Å². The third kappa shape index (κ3) is 1.91. The Bertz CT molecular complexity index is 816. The fraction of sp³-hybridized carbons (Fsp3) is 0.810. The van der Waals surface area contributed by atoms with Crippen LogP contribution in [-0.2, 0) is 23.8 Å². The van der Waals surface area contributed by atoms with E-state index in [-0.39, 0.29) is 42.6 Å². The molecule has 3 aliphatic heterocycles. The lowest BCUT2D eigenvalue weighted by molar-refractivity contribution is -0.265. The van der Waals surface area contributed by atoms with Gasteiger partial charge in [-0.15, -0.1) is 0 Å². The zero-order valence-corrected chi connectivity index (χ0v) is 16.8. The van der Waals surface area contributed by atoms with Crippen molar-refractivity contribution in [3.05, 3.63) is 11.5 Å². The van der Waals surface area contributed by atoms with Crippen molar-refractivity contribution in [2.45, 2.75) is 82.9 Å². The first-order valence-electron chi connectivity index (χ1n) is 10.1. The van der Waals surface area contributed by atoms with Gasteiger partial charge < -0.3 is 24.4 Å². The van der Waals surface area contributed by atoms with E-state index in [4.69, 9.17) is 14.2 Å². The van der Waals surface area contributed by atoms with Gasteiger partial charge in [-0.3, -0.25) is 9.59 Å². The molecule has 7 atom stereocenters. The smallest absolute Gasteiger partial charge is 0.287 e. The van der Waals surface area contributed by atoms with Crippen LogP contribution in [0.3, 0.4) is 0 Å². The number of hydrogen-bond acceptors (Lipinski definition) is 7. The molecule has 5 aliphatic rings. The van der Waals surface area contributed by atoms with Crippen LogP contribution in [-0.4, -0.2) is 57.9 Å². The number of aliphatic hydroxyl groups is 2. The molecule has 0 amide bonds. The normalized spacial score (nSPS) is 51.2. The number of epoxide rings is 1. The molecule has 0 unspecified atom stereocenters. The molecule has 154 valence electrons. The number of ether oxygens (including phenoxy) is 3. The zero-order chi connectivity index (χ0) is 20.3. The van der Waals surface area contributed by atoms with Crippen molar-refractivity contribution in [3.63, 3.8) is 0 Å². The molecule has 2 saturated carbocycles. The minimum Gasteiger partial charge on any atom is -0.459 e. The SMILES string of the molecule is CC1(C)[C@@H]2O[C@@H]2C(=O)[C@]2(C)[C@H]3CC4=C(O[C@H](CO)CC4=O)O[C@@]3(C)CC[C@]12O. The van der Waals surface area contributed by atoms with Crippen molar-refractivity contribution in [3.8, 4) is 0 Å². The predicted octanol–water partition coefficient (Wildman–Crippen LogP) is 1.25. The molecule has 0 bridgehead atoms. The fourth-order valence-corrected chi connectivity index (χ4v) is 6.57. The number of allylic oxidation sites excluding steroid dienone is 1. The standard InChI is InChI=1S/C21H28O7/c1-18(2)16-14(27-16)15(24)20(4)13-8-11-12(23)7-10(9-22)26-17(11)28-19(13,3)5-6-21(18,20)25/h10,13-14,16,22,25H,5-9H2,1-4H3/t10-,13-,14+,16+,19-,20-,21-/m0/s1. The fourth-order valence-electron chi connectivity index (χ4n) is 6.57. The maximum Gasteiger partial charge on any atom is 0.287 e. The van der Waals surface area contributed by atoms with Crippen LogP contribution in [0.15, 0.2) is 11.5 Å². The maximum atomic E-state index is 13.4. The van der Waals surface area contributed by atoms with E-state index in [9.17, 15) is 19.8 Å². The van der Waals surface area contributed by atoms with Crippen molar-refractivity contribution >= 4 is 11.6 Å². The molecule has 0 radical (unpaired) electrons. The lowest BCUT2D eigenvalue weighted by Crippen LogP contribution is -2.74. The van der Waals surface area contributed by atoms with E-state index < -0.39 is 34.2 Å². The molecule has 0 aromatic heterocycles. The molecule has 3 heterocycles. The Labute approximate surface area is 164 Å². The van der Waals surface area contributed by atoms with Crippen LogP contribution in [0, 0.1) is 16.7 Å². The lowest BCUT2D eigenvalue weighted by Gasteiger charge is -2.65. The second kappa shape index (κ2) is 5.18. The Kier molecular flexibility index (Phi) is 3.44. The average molecular weight is 392 g/mol. The summed E-state index contributed by atoms with van der Waals surface area (Å²) in [4.78, 5) is 26.1. The molecular weight excluding hydrogens is 364 g/mol. The molecule has 3 fully saturated rings. The van der Waals surface area contributed by atoms with Crippen LogP contribution in [0.25, 0.3) is 0 Å². The molecule has 2 aliphatic carbocycles. The highest BCUT2D eigenvalue weighted by Crippen LogP contribution is 2.69. The summed E-state index contributed by atoms with van der Waals surface area (Å²) in [5, 5.41) is 21.3. The van der Waals surface area contributed by atoms with Crippen LogP contribution in [0.1, 0.15) is 53.4 Å². The first-order chi connectivity index (χ1) is 13.0. The first kappa shape index (κ1) is 18.6. The minimum atomic E-state index is -1.24. The molecule has 5 rings (SSSR count). The second-order valence-corrected chi connectivity index (χ2v) is 10.1. The highest BCUT2D eigenvalue weighted by atomic mass is 16.7. The number of ketones is 2. The van der Waals surface area contributed by atoms with Crippen LogP contribution in [0.4, 0.5) is 0 Å². The highest BCUT2D eigenvalue weighted by Gasteiger charge is 2.80. The molecule has 0 aromatic carbocycles. The van der Waals surface area contributed by atoms with Crippen molar-refractivity contribution in [1.29, 1.82) is 0 Å². The zero-order valence-electron chi connectivity index (χ0n) is 16.8. The maximum absolute atomic E-state index is 13.4. The van der Waals surface area contributed by atoms with E-state index >= 15 is 0 Å². The van der Waals surface area contributed by atoms with Gasteiger partial charge in [-0.05, 0) is 33.1 Å². The van der Waals surface area contributed by atoms with Gasteiger partial charge in [0, 0.05) is 11.3 Å². The molecule has 0 spiro atoms. The number of aliphatic hydroxyl groups excluding tert-OH is 1. The van der Waals surface area contributed by atoms with Crippen LogP contribution >= 0.6 is 0 Å². The Balaban J connectivity index is 1.62. The van der Waals surface area contributed by atoms with Gasteiger partial charge in [0.25, 0.3) is 5.95 Å². The Hall–Kier alpha value is -1.44. The summed E-state index contributed by atoms with van der Waals surface area (Å²) in [6.07, 6.45) is 0.00903. The van der Waals surface area contributed by atoms with Crippen molar-refractivity contribution in [2.24, 2.45) is 16.7 Å². The Morgan fingerprint density at radius 3 is 2.50 bits per heavy atom. The Morgan fingerprint density at radius 1 is 1.11 bits per heavy atom.